The van der Waals surface area contributed by atoms with E-state index in [9.17, 15) is 4.79 Å². The largest absolute Gasteiger partial charge is 0.356 e. The van der Waals surface area contributed by atoms with Gasteiger partial charge in [-0.25, -0.2) is 0 Å². The number of hydrogen-bond acceptors (Lipinski definition) is 1. The summed E-state index contributed by atoms with van der Waals surface area (Å²) in [5, 5.41) is 4.02. The molecule has 0 aliphatic carbocycles. The minimum Gasteiger partial charge on any atom is -0.356 e. The number of carbonyl (C=O) groups excluding carboxylic acids is 1. The molecule has 0 saturated carbocycles. The average Bonchev–Trinajstić information content (AvgIpc) is 2.29. The van der Waals surface area contributed by atoms with Crippen LogP contribution in [-0.2, 0) is 4.79 Å². The van der Waals surface area contributed by atoms with Crippen LogP contribution in [-0.4, -0.2) is 17.8 Å². The van der Waals surface area contributed by atoms with Crippen LogP contribution in [0.4, 0.5) is 0 Å². The maximum Gasteiger partial charge on any atom is 0.220 e. The van der Waals surface area contributed by atoms with Gasteiger partial charge in [-0.15, -0.1) is 0 Å². The molecule has 0 aromatic carbocycles. The quantitative estimate of drug-likeness (QED) is 0.678. The smallest absolute Gasteiger partial charge is 0.220 e. The molecule has 0 rings (SSSR count). The molecule has 1 N–H and O–H groups in total. The highest BCUT2D eigenvalue weighted by Crippen LogP contribution is 2.27. The second-order valence-corrected chi connectivity index (χ2v) is 5.61. The van der Waals surface area contributed by atoms with Crippen molar-refractivity contribution in [1.82, 2.24) is 5.32 Å². The zero-order valence-electron chi connectivity index (χ0n) is 11.1. The molecule has 16 heavy (non-hydrogen) atoms. The van der Waals surface area contributed by atoms with E-state index in [-0.39, 0.29) is 11.3 Å². The molecule has 0 atom stereocenters. The first kappa shape index (κ1) is 16.0. The maximum atomic E-state index is 11.6. The molecule has 0 saturated heterocycles. The van der Waals surface area contributed by atoms with Gasteiger partial charge in [0, 0.05) is 18.3 Å². The van der Waals surface area contributed by atoms with Crippen LogP contribution in [0.15, 0.2) is 0 Å². The van der Waals surface area contributed by atoms with Gasteiger partial charge in [-0.3, -0.25) is 4.79 Å². The summed E-state index contributed by atoms with van der Waals surface area (Å²) in [7, 11) is 0. The highest BCUT2D eigenvalue weighted by atomic mass is 79.9. The van der Waals surface area contributed by atoms with Crippen LogP contribution in [0.25, 0.3) is 0 Å². The molecule has 0 bridgehead atoms. The van der Waals surface area contributed by atoms with Crippen LogP contribution in [0.5, 0.6) is 0 Å². The van der Waals surface area contributed by atoms with Gasteiger partial charge < -0.3 is 5.32 Å². The number of rotatable bonds is 8. The van der Waals surface area contributed by atoms with Gasteiger partial charge in [0.1, 0.15) is 0 Å². The van der Waals surface area contributed by atoms with Crippen LogP contribution in [0.1, 0.15) is 53.4 Å². The summed E-state index contributed by atoms with van der Waals surface area (Å²) in [6.45, 7) is 9.46. The Hall–Kier alpha value is -0.0500. The summed E-state index contributed by atoms with van der Waals surface area (Å²) in [6, 6.07) is 0. The van der Waals surface area contributed by atoms with Crippen molar-refractivity contribution in [2.45, 2.75) is 53.4 Å². The number of amides is 1. The Labute approximate surface area is 109 Å². The highest BCUT2D eigenvalue weighted by Gasteiger charge is 2.25. The number of carbonyl (C=O) groups is 1. The van der Waals surface area contributed by atoms with Gasteiger partial charge in [0.25, 0.3) is 0 Å². The predicted octanol–water partition coefficient (Wildman–Crippen LogP) is 3.74. The number of nitrogens with one attached hydrogen (secondary N) is 1. The van der Waals surface area contributed by atoms with Crippen LogP contribution < -0.4 is 5.32 Å². The van der Waals surface area contributed by atoms with Gasteiger partial charge in [0.15, 0.2) is 0 Å². The molecule has 0 heterocycles. The molecule has 0 aliphatic heterocycles. The topological polar surface area (TPSA) is 29.1 Å². The lowest BCUT2D eigenvalue weighted by molar-refractivity contribution is -0.121. The van der Waals surface area contributed by atoms with Crippen molar-refractivity contribution in [2.24, 2.45) is 11.3 Å². The van der Waals surface area contributed by atoms with Crippen molar-refractivity contribution in [1.29, 1.82) is 0 Å². The van der Waals surface area contributed by atoms with Crippen molar-refractivity contribution in [3.8, 4) is 0 Å². The summed E-state index contributed by atoms with van der Waals surface area (Å²) in [6.07, 6.45) is 3.83. The zero-order valence-corrected chi connectivity index (χ0v) is 12.7. The SMILES string of the molecule is CCC(CC)(CBr)CNC(=O)CCC(C)C. The molecule has 0 unspecified atom stereocenters. The van der Waals surface area contributed by atoms with E-state index in [1.807, 2.05) is 0 Å². The third kappa shape index (κ3) is 5.88. The monoisotopic (exact) mass is 291 g/mol. The van der Waals surface area contributed by atoms with Crippen molar-refractivity contribution in [3.63, 3.8) is 0 Å². The molecule has 0 fully saturated rings. The molecule has 1 amide bonds. The van der Waals surface area contributed by atoms with Crippen LogP contribution in [0.3, 0.4) is 0 Å². The molecule has 2 nitrogen and oxygen atoms in total. The van der Waals surface area contributed by atoms with Crippen LogP contribution >= 0.6 is 15.9 Å². The van der Waals surface area contributed by atoms with E-state index >= 15 is 0 Å². The first-order valence-electron chi connectivity index (χ1n) is 6.32. The maximum absolute atomic E-state index is 11.6. The van der Waals surface area contributed by atoms with Crippen molar-refractivity contribution < 1.29 is 4.79 Å². The van der Waals surface area contributed by atoms with Crippen LogP contribution in [0.2, 0.25) is 0 Å². The zero-order chi connectivity index (χ0) is 12.6. The number of alkyl halides is 1. The molecular formula is C13H26BrNO. The molecule has 0 aliphatic rings. The summed E-state index contributed by atoms with van der Waals surface area (Å²) < 4.78 is 0. The van der Waals surface area contributed by atoms with Crippen molar-refractivity contribution in [2.75, 3.05) is 11.9 Å². The third-order valence-corrected chi connectivity index (χ3v) is 4.58. The Morgan fingerprint density at radius 3 is 2.25 bits per heavy atom. The lowest BCUT2D eigenvalue weighted by Gasteiger charge is -2.29. The Bertz CT molecular complexity index is 192. The van der Waals surface area contributed by atoms with Gasteiger partial charge in [0.05, 0.1) is 0 Å². The summed E-state index contributed by atoms with van der Waals surface area (Å²) in [5.41, 5.74) is 0.230. The van der Waals surface area contributed by atoms with E-state index in [1.54, 1.807) is 0 Å². The van der Waals surface area contributed by atoms with Gasteiger partial charge in [-0.2, -0.15) is 0 Å². The van der Waals surface area contributed by atoms with Gasteiger partial charge in [0.2, 0.25) is 5.91 Å². The number of hydrogen-bond donors (Lipinski definition) is 1. The predicted molar refractivity (Wildman–Crippen MR) is 73.9 cm³/mol. The van der Waals surface area contributed by atoms with E-state index < -0.39 is 0 Å². The molecule has 0 aromatic rings. The minimum atomic E-state index is 0.195. The molecular weight excluding hydrogens is 266 g/mol. The fraction of sp³-hybridized carbons (Fsp3) is 0.923. The first-order chi connectivity index (χ1) is 7.49. The highest BCUT2D eigenvalue weighted by molar-refractivity contribution is 9.09. The minimum absolute atomic E-state index is 0.195. The molecule has 0 spiro atoms. The first-order valence-corrected chi connectivity index (χ1v) is 7.44. The summed E-state index contributed by atoms with van der Waals surface area (Å²) in [5.74, 6) is 0.796. The van der Waals surface area contributed by atoms with Gasteiger partial charge in [-0.1, -0.05) is 43.6 Å². The van der Waals surface area contributed by atoms with Crippen LogP contribution in [0, 0.1) is 11.3 Å². The van der Waals surface area contributed by atoms with Gasteiger partial charge in [-0.05, 0) is 30.6 Å². The fourth-order valence-corrected chi connectivity index (χ4v) is 2.52. The van der Waals surface area contributed by atoms with Gasteiger partial charge >= 0.3 is 0 Å². The fourth-order valence-electron chi connectivity index (χ4n) is 1.53. The second kappa shape index (κ2) is 8.10. The molecule has 0 aromatic heterocycles. The number of halogens is 1. The lowest BCUT2D eigenvalue weighted by atomic mass is 9.84. The Morgan fingerprint density at radius 2 is 1.88 bits per heavy atom. The average molecular weight is 292 g/mol. The molecule has 0 radical (unpaired) electrons. The van der Waals surface area contributed by atoms with E-state index in [1.165, 1.54) is 0 Å². The summed E-state index contributed by atoms with van der Waals surface area (Å²) in [4.78, 5) is 11.6. The van der Waals surface area contributed by atoms with E-state index in [2.05, 4.69) is 48.9 Å². The standard InChI is InChI=1S/C13H26BrNO/c1-5-13(6-2,9-14)10-15-12(16)8-7-11(3)4/h11H,5-10H2,1-4H3,(H,15,16). The second-order valence-electron chi connectivity index (χ2n) is 5.05. The van der Waals surface area contributed by atoms with Crippen molar-refractivity contribution >= 4 is 21.8 Å². The molecule has 3 heteroatoms. The summed E-state index contributed by atoms with van der Waals surface area (Å²) >= 11 is 3.55. The Kier molecular flexibility index (Phi) is 8.08. The lowest BCUT2D eigenvalue weighted by Crippen LogP contribution is -2.38. The molecule has 96 valence electrons. The van der Waals surface area contributed by atoms with E-state index in [4.69, 9.17) is 0 Å². The third-order valence-electron chi connectivity index (χ3n) is 3.39. The normalized spacial score (nSPS) is 11.9. The van der Waals surface area contributed by atoms with E-state index in [0.29, 0.717) is 12.3 Å². The van der Waals surface area contributed by atoms with E-state index in [0.717, 1.165) is 31.1 Å². The Morgan fingerprint density at radius 1 is 1.31 bits per heavy atom. The van der Waals surface area contributed by atoms with Crippen molar-refractivity contribution in [3.05, 3.63) is 0 Å². The Balaban J connectivity index is 3.97.